The Balaban J connectivity index is 1.63. The number of thiocarbonyl (C=S) groups is 1. The molecule has 38 heavy (non-hydrogen) atoms. The lowest BCUT2D eigenvalue weighted by molar-refractivity contribution is -0.114. The highest BCUT2D eigenvalue weighted by atomic mass is 32.1. The van der Waals surface area contributed by atoms with Gasteiger partial charge in [0, 0.05) is 36.7 Å². The Kier molecular flexibility index (Phi) is 7.15. The van der Waals surface area contributed by atoms with Crippen molar-refractivity contribution in [1.29, 1.82) is 0 Å². The second-order valence-corrected chi connectivity index (χ2v) is 9.85. The van der Waals surface area contributed by atoms with Crippen LogP contribution in [0.5, 0.6) is 5.75 Å². The van der Waals surface area contributed by atoms with Crippen LogP contribution in [0.1, 0.15) is 47.2 Å². The van der Waals surface area contributed by atoms with Crippen molar-refractivity contribution < 1.29 is 9.53 Å². The molecule has 2 aromatic carbocycles. The number of aryl methyl sites for hydroxylation is 1. The predicted octanol–water partition coefficient (Wildman–Crippen LogP) is 5.69. The number of rotatable bonds is 7. The van der Waals surface area contributed by atoms with Gasteiger partial charge in [0.2, 0.25) is 5.91 Å². The zero-order valence-electron chi connectivity index (χ0n) is 21.9. The second-order valence-electron chi connectivity index (χ2n) is 9.46. The van der Waals surface area contributed by atoms with Crippen molar-refractivity contribution in [3.63, 3.8) is 0 Å². The minimum atomic E-state index is -0.171. The van der Waals surface area contributed by atoms with E-state index in [2.05, 4.69) is 69.3 Å². The molecule has 0 aliphatic carbocycles. The Morgan fingerprint density at radius 1 is 1.08 bits per heavy atom. The van der Waals surface area contributed by atoms with E-state index in [0.29, 0.717) is 16.5 Å². The number of hydrogen-bond donors (Lipinski definition) is 2. The third-order valence-electron chi connectivity index (χ3n) is 6.98. The Morgan fingerprint density at radius 2 is 1.84 bits per heavy atom. The van der Waals surface area contributed by atoms with Gasteiger partial charge in [0.15, 0.2) is 5.11 Å². The summed E-state index contributed by atoms with van der Waals surface area (Å²) < 4.78 is 7.84. The highest BCUT2D eigenvalue weighted by Crippen LogP contribution is 2.44. The fourth-order valence-corrected chi connectivity index (χ4v) is 5.56. The fraction of sp³-hybridized carbons (Fsp3) is 0.233. The molecule has 194 valence electrons. The Bertz CT molecular complexity index is 1470. The smallest absolute Gasteiger partial charge is 0.221 e. The molecule has 1 aliphatic heterocycles. The number of nitrogens with one attached hydrogen (secondary N) is 2. The van der Waals surface area contributed by atoms with Gasteiger partial charge in [-0.15, -0.1) is 0 Å². The summed E-state index contributed by atoms with van der Waals surface area (Å²) in [5.74, 6) is 0.413. The van der Waals surface area contributed by atoms with Gasteiger partial charge in [-0.2, -0.15) is 0 Å². The molecule has 1 aliphatic rings. The number of amides is 1. The molecule has 2 atom stereocenters. The molecule has 0 unspecified atom stereocenters. The number of carbonyl (C=O) groups is 1. The molecule has 8 heteroatoms. The van der Waals surface area contributed by atoms with Crippen LogP contribution in [0, 0.1) is 13.8 Å². The monoisotopic (exact) mass is 525 g/mol. The third-order valence-corrected chi connectivity index (χ3v) is 7.30. The third kappa shape index (κ3) is 4.87. The van der Waals surface area contributed by atoms with Gasteiger partial charge in [0.05, 0.1) is 30.6 Å². The van der Waals surface area contributed by atoms with Crippen molar-refractivity contribution in [2.24, 2.45) is 0 Å². The van der Waals surface area contributed by atoms with Crippen molar-refractivity contribution in [3.8, 4) is 5.75 Å². The van der Waals surface area contributed by atoms with Crippen LogP contribution in [0.15, 0.2) is 79.0 Å². The van der Waals surface area contributed by atoms with E-state index in [9.17, 15) is 4.79 Å². The molecular formula is C30H31N5O2S. The minimum absolute atomic E-state index is 0.160. The lowest BCUT2D eigenvalue weighted by atomic mass is 9.96. The molecular weight excluding hydrogens is 494 g/mol. The van der Waals surface area contributed by atoms with E-state index < -0.39 is 0 Å². The minimum Gasteiger partial charge on any atom is -0.495 e. The number of methoxy groups -OCH3 is 1. The van der Waals surface area contributed by atoms with Crippen molar-refractivity contribution in [3.05, 3.63) is 107 Å². The molecule has 4 aromatic rings. The molecule has 3 heterocycles. The first-order chi connectivity index (χ1) is 18.4. The molecule has 2 aromatic heterocycles. The fourth-order valence-electron chi connectivity index (χ4n) is 5.22. The molecule has 1 saturated heterocycles. The summed E-state index contributed by atoms with van der Waals surface area (Å²) in [5, 5.41) is 7.01. The second kappa shape index (κ2) is 10.7. The molecule has 5 rings (SSSR count). The summed E-state index contributed by atoms with van der Waals surface area (Å²) in [7, 11) is 1.59. The average Bonchev–Trinajstić information content (AvgIpc) is 3.40. The number of benzene rings is 2. The Labute approximate surface area is 228 Å². The molecule has 7 nitrogen and oxygen atoms in total. The van der Waals surface area contributed by atoms with Gasteiger partial charge in [-0.05, 0) is 73.6 Å². The first-order valence-corrected chi connectivity index (χ1v) is 12.9. The summed E-state index contributed by atoms with van der Waals surface area (Å²) >= 11 is 5.92. The summed E-state index contributed by atoms with van der Waals surface area (Å²) in [6.07, 6.45) is 1.81. The van der Waals surface area contributed by atoms with Gasteiger partial charge in [-0.25, -0.2) is 0 Å². The number of anilines is 2. The average molecular weight is 526 g/mol. The van der Waals surface area contributed by atoms with E-state index in [4.69, 9.17) is 17.0 Å². The van der Waals surface area contributed by atoms with Crippen LogP contribution in [0.4, 0.5) is 11.4 Å². The van der Waals surface area contributed by atoms with Crippen LogP contribution < -0.4 is 20.3 Å². The number of hydrogen-bond acceptors (Lipinski definition) is 4. The topological polar surface area (TPSA) is 71.4 Å². The molecule has 0 radical (unpaired) electrons. The molecule has 0 bridgehead atoms. The summed E-state index contributed by atoms with van der Waals surface area (Å²) in [4.78, 5) is 18.7. The maximum Gasteiger partial charge on any atom is 0.221 e. The normalized spacial score (nSPS) is 16.8. The Morgan fingerprint density at radius 3 is 2.53 bits per heavy atom. The zero-order chi connectivity index (χ0) is 26.8. The van der Waals surface area contributed by atoms with Gasteiger partial charge in [0.25, 0.3) is 0 Å². The van der Waals surface area contributed by atoms with Crippen LogP contribution in [-0.4, -0.2) is 27.7 Å². The molecule has 2 N–H and O–H groups in total. The van der Waals surface area contributed by atoms with E-state index in [-0.39, 0.29) is 18.0 Å². The van der Waals surface area contributed by atoms with Gasteiger partial charge >= 0.3 is 0 Å². The highest BCUT2D eigenvalue weighted by Gasteiger charge is 2.42. The zero-order valence-corrected chi connectivity index (χ0v) is 22.8. The van der Waals surface area contributed by atoms with Crippen molar-refractivity contribution in [1.82, 2.24) is 14.9 Å². The molecule has 1 amide bonds. The standard InChI is InChI=1S/C30H31N5O2S/c1-19-16-24(20(2)34(19)18-22-10-6-5-7-11-22)29-28(25-12-8-9-15-31-25)33-30(38)35(29)23-13-14-27(37-4)26(17-23)32-21(3)36/h5-17,28-29H,18H2,1-4H3,(H,32,36)(H,33,38)/t28-,29+/m0/s1. The molecule has 0 saturated carbocycles. The van der Waals surface area contributed by atoms with E-state index >= 15 is 0 Å². The summed E-state index contributed by atoms with van der Waals surface area (Å²) in [6.45, 7) is 6.57. The van der Waals surface area contributed by atoms with E-state index in [1.807, 2.05) is 42.5 Å². The number of ether oxygens (including phenoxy) is 1. The summed E-state index contributed by atoms with van der Waals surface area (Å²) in [5.41, 5.74) is 7.11. The van der Waals surface area contributed by atoms with Crippen LogP contribution >= 0.6 is 12.2 Å². The van der Waals surface area contributed by atoms with E-state index in [0.717, 1.165) is 17.9 Å². The van der Waals surface area contributed by atoms with Crippen molar-refractivity contribution >= 4 is 34.6 Å². The van der Waals surface area contributed by atoms with Gasteiger partial charge < -0.3 is 24.8 Å². The van der Waals surface area contributed by atoms with Crippen molar-refractivity contribution in [2.45, 2.75) is 39.4 Å². The van der Waals surface area contributed by atoms with Gasteiger partial charge in [0.1, 0.15) is 5.75 Å². The van der Waals surface area contributed by atoms with Crippen LogP contribution in [0.2, 0.25) is 0 Å². The number of carbonyl (C=O) groups excluding carboxylic acids is 1. The quantitative estimate of drug-likeness (QED) is 0.302. The maximum absolute atomic E-state index is 11.9. The van der Waals surface area contributed by atoms with E-state index in [1.54, 1.807) is 13.3 Å². The number of nitrogens with zero attached hydrogens (tertiary/aromatic N) is 3. The van der Waals surface area contributed by atoms with Gasteiger partial charge in [-0.1, -0.05) is 36.4 Å². The van der Waals surface area contributed by atoms with Crippen LogP contribution in [0.25, 0.3) is 0 Å². The highest BCUT2D eigenvalue weighted by molar-refractivity contribution is 7.80. The van der Waals surface area contributed by atoms with Crippen LogP contribution in [-0.2, 0) is 11.3 Å². The number of pyridine rings is 1. The molecule has 0 spiro atoms. The summed E-state index contributed by atoms with van der Waals surface area (Å²) in [6, 6.07) is 24.1. The first kappa shape index (κ1) is 25.5. The predicted molar refractivity (Wildman–Crippen MR) is 155 cm³/mol. The Hall–Kier alpha value is -4.17. The molecule has 1 fully saturated rings. The largest absolute Gasteiger partial charge is 0.495 e. The van der Waals surface area contributed by atoms with Gasteiger partial charge in [-0.3, -0.25) is 9.78 Å². The lowest BCUT2D eigenvalue weighted by Gasteiger charge is -2.29. The lowest BCUT2D eigenvalue weighted by Crippen LogP contribution is -2.29. The SMILES string of the molecule is COc1ccc(N2C(=S)N[C@@H](c3ccccn3)[C@H]2c2cc(C)n(Cc3ccccc3)c2C)cc1NC(C)=O. The van der Waals surface area contributed by atoms with Crippen LogP contribution in [0.3, 0.4) is 0 Å². The number of aromatic nitrogens is 2. The van der Waals surface area contributed by atoms with Crippen molar-refractivity contribution in [2.75, 3.05) is 17.3 Å². The first-order valence-electron chi connectivity index (χ1n) is 12.5. The maximum atomic E-state index is 11.9. The van der Waals surface area contributed by atoms with E-state index in [1.165, 1.54) is 29.4 Å².